The van der Waals surface area contributed by atoms with Crippen molar-refractivity contribution in [1.82, 2.24) is 14.9 Å². The van der Waals surface area contributed by atoms with Crippen LogP contribution in [-0.2, 0) is 9.59 Å². The lowest BCUT2D eigenvalue weighted by atomic mass is 9.90. The molecule has 0 spiro atoms. The van der Waals surface area contributed by atoms with E-state index in [1.54, 1.807) is 0 Å². The summed E-state index contributed by atoms with van der Waals surface area (Å²) in [4.78, 5) is 45.7. The second kappa shape index (κ2) is 8.12. The van der Waals surface area contributed by atoms with Gasteiger partial charge in [0.2, 0.25) is 5.91 Å². The molecular formula is C19H20FN5O3. The van der Waals surface area contributed by atoms with Crippen molar-refractivity contribution in [3.8, 4) is 0 Å². The summed E-state index contributed by atoms with van der Waals surface area (Å²) in [5, 5.41) is 2.44. The number of nitrogens with two attached hydrogens (primary N) is 1. The molecule has 2 atom stereocenters. The van der Waals surface area contributed by atoms with Crippen molar-refractivity contribution in [2.45, 2.75) is 25.8 Å². The summed E-state index contributed by atoms with van der Waals surface area (Å²) in [7, 11) is 0. The molecule has 0 aromatic carbocycles. The number of hydrogen-bond donors (Lipinski definition) is 2. The van der Waals surface area contributed by atoms with Crippen molar-refractivity contribution in [2.75, 3.05) is 11.9 Å². The summed E-state index contributed by atoms with van der Waals surface area (Å²) in [6, 6.07) is 2.23. The Morgan fingerprint density at radius 1 is 1.14 bits per heavy atom. The maximum Gasteiger partial charge on any atom is 0.313 e. The number of primary amides is 1. The van der Waals surface area contributed by atoms with E-state index >= 15 is 0 Å². The highest BCUT2D eigenvalue weighted by atomic mass is 19.1. The summed E-state index contributed by atoms with van der Waals surface area (Å²) in [5.41, 5.74) is 6.04. The van der Waals surface area contributed by atoms with Gasteiger partial charge in [0.15, 0.2) is 0 Å². The molecule has 2 aromatic rings. The number of piperidine rings is 1. The van der Waals surface area contributed by atoms with Gasteiger partial charge in [0.1, 0.15) is 5.82 Å². The van der Waals surface area contributed by atoms with Gasteiger partial charge in [-0.2, -0.15) is 0 Å². The van der Waals surface area contributed by atoms with Gasteiger partial charge in [-0.15, -0.1) is 0 Å². The van der Waals surface area contributed by atoms with Gasteiger partial charge in [0.25, 0.3) is 0 Å². The molecule has 1 saturated heterocycles. The number of carbonyl (C=O) groups excluding carboxylic acids is 3. The predicted molar refractivity (Wildman–Crippen MR) is 98.4 cm³/mol. The van der Waals surface area contributed by atoms with Crippen LogP contribution in [0.4, 0.5) is 10.1 Å². The molecule has 1 aliphatic heterocycles. The van der Waals surface area contributed by atoms with E-state index in [1.807, 2.05) is 6.92 Å². The molecule has 3 heterocycles. The van der Waals surface area contributed by atoms with Gasteiger partial charge in [0.05, 0.1) is 29.7 Å². The van der Waals surface area contributed by atoms with Crippen LogP contribution < -0.4 is 11.1 Å². The highest BCUT2D eigenvalue weighted by molar-refractivity contribution is 6.39. The van der Waals surface area contributed by atoms with Gasteiger partial charge in [-0.05, 0) is 36.5 Å². The average molecular weight is 385 g/mol. The van der Waals surface area contributed by atoms with Crippen molar-refractivity contribution in [2.24, 2.45) is 11.7 Å². The highest BCUT2D eigenvalue weighted by Crippen LogP contribution is 2.33. The number of nitrogens with one attached hydrogen (secondary N) is 1. The van der Waals surface area contributed by atoms with E-state index < -0.39 is 29.6 Å². The third-order valence-electron chi connectivity index (χ3n) is 4.66. The second-order valence-electron chi connectivity index (χ2n) is 6.87. The molecular weight excluding hydrogens is 365 g/mol. The lowest BCUT2D eigenvalue weighted by Gasteiger charge is -2.38. The fourth-order valence-electron chi connectivity index (χ4n) is 3.29. The van der Waals surface area contributed by atoms with Crippen LogP contribution >= 0.6 is 0 Å². The Bertz CT molecular complexity index is 920. The van der Waals surface area contributed by atoms with Crippen molar-refractivity contribution in [1.29, 1.82) is 0 Å². The van der Waals surface area contributed by atoms with E-state index in [4.69, 9.17) is 5.73 Å². The van der Waals surface area contributed by atoms with Crippen molar-refractivity contribution < 1.29 is 18.8 Å². The SMILES string of the molecule is C[C@@H]1CC[C@@H](c2cncc(F)c2)N(C(=O)C(=O)Nc2cncc(C(N)=O)c2)C1. The van der Waals surface area contributed by atoms with Gasteiger partial charge in [-0.3, -0.25) is 24.4 Å². The number of pyridine rings is 2. The second-order valence-corrected chi connectivity index (χ2v) is 6.87. The molecule has 1 aliphatic rings. The van der Waals surface area contributed by atoms with Crippen LogP contribution in [0.15, 0.2) is 36.9 Å². The molecule has 3 N–H and O–H groups in total. The zero-order valence-corrected chi connectivity index (χ0v) is 15.3. The Morgan fingerprint density at radius 3 is 2.61 bits per heavy atom. The maximum atomic E-state index is 13.6. The zero-order valence-electron chi connectivity index (χ0n) is 15.3. The van der Waals surface area contributed by atoms with E-state index in [1.165, 1.54) is 35.6 Å². The lowest BCUT2D eigenvalue weighted by Crippen LogP contribution is -2.46. The summed E-state index contributed by atoms with van der Waals surface area (Å²) in [5.74, 6) is -2.60. The van der Waals surface area contributed by atoms with Crippen molar-refractivity contribution in [3.05, 3.63) is 53.9 Å². The van der Waals surface area contributed by atoms with Crippen LogP contribution in [0.25, 0.3) is 0 Å². The first-order chi connectivity index (χ1) is 13.3. The number of carbonyl (C=O) groups is 3. The van der Waals surface area contributed by atoms with Crippen LogP contribution in [0.1, 0.15) is 41.7 Å². The molecule has 0 radical (unpaired) electrons. The molecule has 146 valence electrons. The summed E-state index contributed by atoms with van der Waals surface area (Å²) in [6.45, 7) is 2.35. The van der Waals surface area contributed by atoms with Crippen LogP contribution in [0.3, 0.4) is 0 Å². The molecule has 3 rings (SSSR count). The fourth-order valence-corrected chi connectivity index (χ4v) is 3.29. The molecule has 0 unspecified atom stereocenters. The minimum absolute atomic E-state index is 0.112. The average Bonchev–Trinajstić information content (AvgIpc) is 2.67. The van der Waals surface area contributed by atoms with Crippen molar-refractivity contribution >= 4 is 23.4 Å². The first-order valence-corrected chi connectivity index (χ1v) is 8.82. The van der Waals surface area contributed by atoms with Crippen LogP contribution in [0.5, 0.6) is 0 Å². The normalized spacial score (nSPS) is 19.1. The number of likely N-dealkylation sites (tertiary alicyclic amines) is 1. The number of aromatic nitrogens is 2. The van der Waals surface area contributed by atoms with E-state index in [2.05, 4.69) is 15.3 Å². The topological polar surface area (TPSA) is 118 Å². The molecule has 2 aromatic heterocycles. The number of rotatable bonds is 3. The molecule has 3 amide bonds. The fraction of sp³-hybridized carbons (Fsp3) is 0.316. The summed E-state index contributed by atoms with van der Waals surface area (Å²) < 4.78 is 13.6. The highest BCUT2D eigenvalue weighted by Gasteiger charge is 2.34. The Balaban J connectivity index is 1.80. The number of amides is 3. The summed E-state index contributed by atoms with van der Waals surface area (Å²) >= 11 is 0. The molecule has 28 heavy (non-hydrogen) atoms. The van der Waals surface area contributed by atoms with E-state index in [0.29, 0.717) is 18.5 Å². The number of nitrogens with zero attached hydrogens (tertiary/aromatic N) is 3. The minimum atomic E-state index is -0.869. The Kier molecular flexibility index (Phi) is 5.62. The lowest BCUT2D eigenvalue weighted by molar-refractivity contribution is -0.146. The quantitative estimate of drug-likeness (QED) is 0.779. The Labute approximate surface area is 161 Å². The largest absolute Gasteiger partial charge is 0.366 e. The molecule has 0 aliphatic carbocycles. The van der Waals surface area contributed by atoms with Crippen LogP contribution in [0, 0.1) is 11.7 Å². The molecule has 1 fully saturated rings. The van der Waals surface area contributed by atoms with Gasteiger partial charge < -0.3 is 16.0 Å². The van der Waals surface area contributed by atoms with Gasteiger partial charge in [0, 0.05) is 18.9 Å². The van der Waals surface area contributed by atoms with Crippen LogP contribution in [0.2, 0.25) is 0 Å². The molecule has 0 bridgehead atoms. The standard InChI is InChI=1S/C19H20FN5O3/c1-11-2-3-16(12-4-14(20)8-22-6-12)25(10-11)19(28)18(27)24-15-5-13(17(21)26)7-23-9-15/h4-9,11,16H,2-3,10H2,1H3,(H2,21,26)(H,24,27)/t11-,16+/m1/s1. The first-order valence-electron chi connectivity index (χ1n) is 8.82. The molecule has 8 nitrogen and oxygen atoms in total. The van der Waals surface area contributed by atoms with Crippen molar-refractivity contribution in [3.63, 3.8) is 0 Å². The van der Waals surface area contributed by atoms with Crippen LogP contribution in [-0.4, -0.2) is 39.1 Å². The predicted octanol–water partition coefficient (Wildman–Crippen LogP) is 1.65. The molecule has 9 heteroatoms. The monoisotopic (exact) mass is 385 g/mol. The van der Waals surface area contributed by atoms with Gasteiger partial charge >= 0.3 is 11.8 Å². The zero-order chi connectivity index (χ0) is 20.3. The number of halogens is 1. The maximum absolute atomic E-state index is 13.6. The third kappa shape index (κ3) is 4.30. The Hall–Kier alpha value is -3.36. The van der Waals surface area contributed by atoms with E-state index in [0.717, 1.165) is 12.6 Å². The first kappa shape index (κ1) is 19.4. The third-order valence-corrected chi connectivity index (χ3v) is 4.66. The van der Waals surface area contributed by atoms with E-state index in [-0.39, 0.29) is 17.2 Å². The smallest absolute Gasteiger partial charge is 0.313 e. The Morgan fingerprint density at radius 2 is 1.89 bits per heavy atom. The summed E-state index contributed by atoms with van der Waals surface area (Å²) in [6.07, 6.45) is 6.61. The number of hydrogen-bond acceptors (Lipinski definition) is 5. The van der Waals surface area contributed by atoms with Gasteiger partial charge in [-0.25, -0.2) is 4.39 Å². The number of anilines is 1. The minimum Gasteiger partial charge on any atom is -0.366 e. The van der Waals surface area contributed by atoms with Gasteiger partial charge in [-0.1, -0.05) is 6.92 Å². The van der Waals surface area contributed by atoms with E-state index in [9.17, 15) is 18.8 Å². The molecule has 0 saturated carbocycles.